The maximum absolute atomic E-state index is 14.4. The van der Waals surface area contributed by atoms with Crippen molar-refractivity contribution in [3.05, 3.63) is 59.8 Å². The second kappa shape index (κ2) is 6.23. The quantitative estimate of drug-likeness (QED) is 0.682. The zero-order valence-corrected chi connectivity index (χ0v) is 13.0. The van der Waals surface area contributed by atoms with Gasteiger partial charge in [0.05, 0.1) is 31.7 Å². The molecule has 0 radical (unpaired) electrons. The summed E-state index contributed by atoms with van der Waals surface area (Å²) >= 11 is 0. The minimum absolute atomic E-state index is 0.183. The summed E-state index contributed by atoms with van der Waals surface area (Å²) in [5.74, 6) is -1.32. The first-order valence-corrected chi connectivity index (χ1v) is 7.05. The zero-order valence-electron chi connectivity index (χ0n) is 13.0. The number of hydrogen-bond acceptors (Lipinski definition) is 4. The highest BCUT2D eigenvalue weighted by Crippen LogP contribution is 2.32. The van der Waals surface area contributed by atoms with Crippen molar-refractivity contribution in [3.63, 3.8) is 0 Å². The van der Waals surface area contributed by atoms with Crippen molar-refractivity contribution in [1.29, 1.82) is 0 Å². The second-order valence-electron chi connectivity index (χ2n) is 5.05. The van der Waals surface area contributed by atoms with E-state index in [1.807, 2.05) is 0 Å². The lowest BCUT2D eigenvalue weighted by Crippen LogP contribution is -2.02. The predicted molar refractivity (Wildman–Crippen MR) is 85.0 cm³/mol. The van der Waals surface area contributed by atoms with Crippen LogP contribution in [0.3, 0.4) is 0 Å². The largest absolute Gasteiger partial charge is 0.497 e. The lowest BCUT2D eigenvalue weighted by Gasteiger charge is -2.10. The highest BCUT2D eigenvalue weighted by Gasteiger charge is 2.16. The first kappa shape index (κ1) is 15.9. The Hall–Kier alpha value is -3.02. The molecule has 0 aliphatic heterocycles. The SMILES string of the molecule is COC(=O)c1ccc2c(F)cnc(-c3ccc(OC)cc3F)c2c1. The number of esters is 1. The molecule has 122 valence electrons. The van der Waals surface area contributed by atoms with Gasteiger partial charge in [-0.15, -0.1) is 0 Å². The van der Waals surface area contributed by atoms with Crippen LogP contribution in [-0.4, -0.2) is 25.2 Å². The first-order chi connectivity index (χ1) is 11.5. The summed E-state index contributed by atoms with van der Waals surface area (Å²) < 4.78 is 38.0. The van der Waals surface area contributed by atoms with Gasteiger partial charge in [0.25, 0.3) is 0 Å². The third-order valence-electron chi connectivity index (χ3n) is 3.69. The number of carbonyl (C=O) groups is 1. The summed E-state index contributed by atoms with van der Waals surface area (Å²) in [6.07, 6.45) is 1.03. The zero-order chi connectivity index (χ0) is 17.3. The third-order valence-corrected chi connectivity index (χ3v) is 3.69. The Labute approximate surface area is 136 Å². The maximum atomic E-state index is 14.4. The first-order valence-electron chi connectivity index (χ1n) is 7.05. The van der Waals surface area contributed by atoms with Crippen LogP contribution < -0.4 is 4.74 Å². The molecular formula is C18H13F2NO3. The van der Waals surface area contributed by atoms with Gasteiger partial charge in [-0.2, -0.15) is 0 Å². The molecule has 1 aromatic heterocycles. The Kier molecular flexibility index (Phi) is 4.12. The average molecular weight is 329 g/mol. The Bertz CT molecular complexity index is 941. The molecule has 0 amide bonds. The van der Waals surface area contributed by atoms with Gasteiger partial charge in [-0.25, -0.2) is 13.6 Å². The van der Waals surface area contributed by atoms with Crippen molar-refractivity contribution in [2.45, 2.75) is 0 Å². The molecule has 0 unspecified atom stereocenters. The molecular weight excluding hydrogens is 316 g/mol. The molecule has 0 bridgehead atoms. The van der Waals surface area contributed by atoms with Gasteiger partial charge in [0.2, 0.25) is 0 Å². The molecule has 0 N–H and O–H groups in total. The summed E-state index contributed by atoms with van der Waals surface area (Å²) in [7, 11) is 2.68. The molecule has 1 heterocycles. The van der Waals surface area contributed by atoms with Gasteiger partial charge in [0, 0.05) is 22.4 Å². The molecule has 0 aliphatic rings. The summed E-state index contributed by atoms with van der Waals surface area (Å²) in [5, 5.41) is 0.560. The van der Waals surface area contributed by atoms with Crippen LogP contribution in [0.15, 0.2) is 42.6 Å². The number of ether oxygens (including phenoxy) is 2. The van der Waals surface area contributed by atoms with Crippen LogP contribution in [0.25, 0.3) is 22.0 Å². The average Bonchev–Trinajstić information content (AvgIpc) is 2.61. The van der Waals surface area contributed by atoms with Gasteiger partial charge >= 0.3 is 5.97 Å². The van der Waals surface area contributed by atoms with Crippen molar-refractivity contribution in [1.82, 2.24) is 4.98 Å². The topological polar surface area (TPSA) is 48.4 Å². The molecule has 0 fully saturated rings. The number of methoxy groups -OCH3 is 2. The van der Waals surface area contributed by atoms with Crippen molar-refractivity contribution in [2.24, 2.45) is 0 Å². The van der Waals surface area contributed by atoms with Gasteiger partial charge in [0.1, 0.15) is 17.4 Å². The molecule has 3 aromatic rings. The molecule has 24 heavy (non-hydrogen) atoms. The van der Waals surface area contributed by atoms with E-state index in [0.29, 0.717) is 11.1 Å². The molecule has 2 aromatic carbocycles. The van der Waals surface area contributed by atoms with Gasteiger partial charge < -0.3 is 9.47 Å². The van der Waals surface area contributed by atoms with E-state index in [9.17, 15) is 13.6 Å². The Morgan fingerprint density at radius 2 is 1.79 bits per heavy atom. The lowest BCUT2D eigenvalue weighted by atomic mass is 10.0. The Morgan fingerprint density at radius 3 is 2.46 bits per heavy atom. The Morgan fingerprint density at radius 1 is 1.00 bits per heavy atom. The number of benzene rings is 2. The monoisotopic (exact) mass is 329 g/mol. The molecule has 0 aliphatic carbocycles. The minimum atomic E-state index is -0.567. The molecule has 0 saturated carbocycles. The second-order valence-corrected chi connectivity index (χ2v) is 5.05. The highest BCUT2D eigenvalue weighted by atomic mass is 19.1. The number of fused-ring (bicyclic) bond motifs is 1. The van der Waals surface area contributed by atoms with E-state index in [-0.39, 0.29) is 22.2 Å². The number of hydrogen-bond donors (Lipinski definition) is 0. The van der Waals surface area contributed by atoms with Crippen LogP contribution >= 0.6 is 0 Å². The fourth-order valence-corrected chi connectivity index (χ4v) is 2.48. The summed E-state index contributed by atoms with van der Waals surface area (Å²) in [6, 6.07) is 8.64. The van der Waals surface area contributed by atoms with Crippen LogP contribution in [0, 0.1) is 11.6 Å². The van der Waals surface area contributed by atoms with E-state index in [0.717, 1.165) is 6.20 Å². The van der Waals surface area contributed by atoms with Crippen LogP contribution in [0.5, 0.6) is 5.75 Å². The van der Waals surface area contributed by atoms with E-state index in [2.05, 4.69) is 9.72 Å². The third kappa shape index (κ3) is 2.67. The van der Waals surface area contributed by atoms with Crippen molar-refractivity contribution in [3.8, 4) is 17.0 Å². The smallest absolute Gasteiger partial charge is 0.337 e. The number of halogens is 2. The van der Waals surface area contributed by atoms with E-state index in [1.54, 1.807) is 6.07 Å². The van der Waals surface area contributed by atoms with Crippen molar-refractivity contribution >= 4 is 16.7 Å². The molecule has 4 nitrogen and oxygen atoms in total. The summed E-state index contributed by atoms with van der Waals surface area (Å²) in [4.78, 5) is 15.7. The predicted octanol–water partition coefficient (Wildman–Crippen LogP) is 3.98. The van der Waals surface area contributed by atoms with Gasteiger partial charge in [0.15, 0.2) is 0 Å². The standard InChI is InChI=1S/C18H13F2NO3/c1-23-11-4-6-13(15(19)8-11)17-14-7-10(18(22)24-2)3-5-12(14)16(20)9-21-17/h3-9H,1-2H3. The van der Waals surface area contributed by atoms with Crippen molar-refractivity contribution < 1.29 is 23.0 Å². The van der Waals surface area contributed by atoms with Crippen LogP contribution in [0.1, 0.15) is 10.4 Å². The van der Waals surface area contributed by atoms with E-state index >= 15 is 0 Å². The van der Waals surface area contributed by atoms with Crippen LogP contribution in [0.2, 0.25) is 0 Å². The van der Waals surface area contributed by atoms with Gasteiger partial charge in [-0.1, -0.05) is 6.07 Å². The molecule has 0 spiro atoms. The van der Waals surface area contributed by atoms with E-state index in [4.69, 9.17) is 4.74 Å². The Balaban J connectivity index is 2.27. The number of pyridine rings is 1. The molecule has 6 heteroatoms. The van der Waals surface area contributed by atoms with E-state index in [1.165, 1.54) is 44.6 Å². The molecule has 0 atom stereocenters. The van der Waals surface area contributed by atoms with Gasteiger partial charge in [-0.3, -0.25) is 4.98 Å². The fraction of sp³-hybridized carbons (Fsp3) is 0.111. The van der Waals surface area contributed by atoms with Crippen LogP contribution in [-0.2, 0) is 4.74 Å². The number of carbonyl (C=O) groups excluding carboxylic acids is 1. The van der Waals surface area contributed by atoms with E-state index < -0.39 is 17.6 Å². The number of aromatic nitrogens is 1. The maximum Gasteiger partial charge on any atom is 0.337 e. The molecule has 0 saturated heterocycles. The lowest BCUT2D eigenvalue weighted by molar-refractivity contribution is 0.0601. The highest BCUT2D eigenvalue weighted by molar-refractivity contribution is 6.00. The fourth-order valence-electron chi connectivity index (χ4n) is 2.48. The summed E-state index contributed by atoms with van der Waals surface area (Å²) in [6.45, 7) is 0. The van der Waals surface area contributed by atoms with Crippen molar-refractivity contribution in [2.75, 3.05) is 14.2 Å². The minimum Gasteiger partial charge on any atom is -0.497 e. The molecule has 3 rings (SSSR count). The number of rotatable bonds is 3. The normalized spacial score (nSPS) is 10.7. The van der Waals surface area contributed by atoms with Gasteiger partial charge in [-0.05, 0) is 24.3 Å². The summed E-state index contributed by atoms with van der Waals surface area (Å²) in [5.41, 5.74) is 0.646. The number of nitrogens with zero attached hydrogens (tertiary/aromatic N) is 1. The van der Waals surface area contributed by atoms with Crippen LogP contribution in [0.4, 0.5) is 8.78 Å².